The molecule has 37 heavy (non-hydrogen) atoms. The van der Waals surface area contributed by atoms with Crippen LogP contribution in [0.5, 0.6) is 0 Å². The molecule has 2 aromatic carbocycles. The van der Waals surface area contributed by atoms with Crippen molar-refractivity contribution < 1.29 is 9.53 Å². The topological polar surface area (TPSA) is 41.6 Å². The minimum absolute atomic E-state index is 0.0266. The van der Waals surface area contributed by atoms with Gasteiger partial charge in [-0.15, -0.1) is 0 Å². The molecule has 0 spiro atoms. The molecule has 0 unspecified atom stereocenters. The molecule has 2 rings (SSSR count). The molecule has 0 heterocycles. The smallest absolute Gasteiger partial charge is 0.407 e. The molecule has 0 aliphatic carbocycles. The molecule has 0 saturated heterocycles. The standard InChI is InChI=1S/C33H48N2O2/c1-32(2,3)23-14-11-17-26-35(27-29-21-18-20-28-19-12-13-22-30(28)29)25-16-10-8-7-9-15-24-34-31(36)37-33(4,5)6/h11-13,17-22H,7-10,15-16,24-27H2,1-6H3,(H,34,36)/b17-11+. The highest BCUT2D eigenvalue weighted by molar-refractivity contribution is 5.85. The molecule has 4 nitrogen and oxygen atoms in total. The van der Waals surface area contributed by atoms with Crippen LogP contribution in [0, 0.1) is 17.3 Å². The first-order chi connectivity index (χ1) is 17.5. The van der Waals surface area contributed by atoms with E-state index >= 15 is 0 Å². The Morgan fingerprint density at radius 3 is 2.32 bits per heavy atom. The van der Waals surface area contributed by atoms with Crippen LogP contribution in [0.1, 0.15) is 85.6 Å². The molecule has 4 heteroatoms. The van der Waals surface area contributed by atoms with Crippen LogP contribution in [0.2, 0.25) is 0 Å². The Morgan fingerprint density at radius 1 is 0.919 bits per heavy atom. The van der Waals surface area contributed by atoms with Crippen LogP contribution in [-0.4, -0.2) is 36.2 Å². The van der Waals surface area contributed by atoms with Crippen LogP contribution < -0.4 is 5.32 Å². The molecule has 1 amide bonds. The number of carbonyl (C=O) groups is 1. The zero-order chi connectivity index (χ0) is 27.2. The average molecular weight is 505 g/mol. The van der Waals surface area contributed by atoms with E-state index < -0.39 is 5.60 Å². The van der Waals surface area contributed by atoms with Crippen molar-refractivity contribution >= 4 is 16.9 Å². The van der Waals surface area contributed by atoms with E-state index in [1.807, 2.05) is 26.8 Å². The molecule has 0 atom stereocenters. The highest BCUT2D eigenvalue weighted by atomic mass is 16.6. The Kier molecular flexibility index (Phi) is 12.7. The average Bonchev–Trinajstić information content (AvgIpc) is 2.81. The summed E-state index contributed by atoms with van der Waals surface area (Å²) in [6, 6.07) is 15.3. The number of carbonyl (C=O) groups excluding carboxylic acids is 1. The van der Waals surface area contributed by atoms with Crippen molar-refractivity contribution in [3.8, 4) is 11.8 Å². The van der Waals surface area contributed by atoms with Crippen LogP contribution >= 0.6 is 0 Å². The summed E-state index contributed by atoms with van der Waals surface area (Å²) >= 11 is 0. The second kappa shape index (κ2) is 15.5. The summed E-state index contributed by atoms with van der Waals surface area (Å²) in [5.41, 5.74) is 0.963. The lowest BCUT2D eigenvalue weighted by molar-refractivity contribution is 0.0527. The first kappa shape index (κ1) is 30.5. The number of fused-ring (bicyclic) bond motifs is 1. The Bertz CT molecular complexity index is 1040. The number of alkyl carbamates (subject to hydrolysis) is 1. The third-order valence-corrected chi connectivity index (χ3v) is 5.86. The molecule has 0 fully saturated rings. The summed E-state index contributed by atoms with van der Waals surface area (Å²) in [7, 11) is 0. The highest BCUT2D eigenvalue weighted by Gasteiger charge is 2.15. The minimum atomic E-state index is -0.443. The van der Waals surface area contributed by atoms with Gasteiger partial charge in [-0.05, 0) is 83.3 Å². The van der Waals surface area contributed by atoms with Gasteiger partial charge < -0.3 is 10.1 Å². The number of nitrogens with zero attached hydrogens (tertiary/aromatic N) is 1. The molecule has 202 valence electrons. The number of allylic oxidation sites excluding steroid dienone is 1. The van der Waals surface area contributed by atoms with Crippen LogP contribution in [0.3, 0.4) is 0 Å². The summed E-state index contributed by atoms with van der Waals surface area (Å²) in [5, 5.41) is 5.48. The molecule has 0 radical (unpaired) electrons. The molecule has 0 aromatic heterocycles. The van der Waals surface area contributed by atoms with Crippen LogP contribution in [0.25, 0.3) is 10.8 Å². The maximum Gasteiger partial charge on any atom is 0.407 e. The lowest BCUT2D eigenvalue weighted by atomic mass is 9.98. The van der Waals surface area contributed by atoms with E-state index in [9.17, 15) is 4.79 Å². The maximum absolute atomic E-state index is 11.7. The summed E-state index contributed by atoms with van der Waals surface area (Å²) in [5.74, 6) is 6.48. The third-order valence-electron chi connectivity index (χ3n) is 5.86. The van der Waals surface area contributed by atoms with Gasteiger partial charge in [0.25, 0.3) is 0 Å². The van der Waals surface area contributed by atoms with E-state index in [1.165, 1.54) is 42.0 Å². The molecule has 0 bridgehead atoms. The van der Waals surface area contributed by atoms with Gasteiger partial charge >= 0.3 is 6.09 Å². The Morgan fingerprint density at radius 2 is 1.59 bits per heavy atom. The van der Waals surface area contributed by atoms with Gasteiger partial charge in [0.05, 0.1) is 0 Å². The second-order valence-electron chi connectivity index (χ2n) is 11.8. The van der Waals surface area contributed by atoms with Crippen LogP contribution in [-0.2, 0) is 11.3 Å². The fourth-order valence-corrected chi connectivity index (χ4v) is 4.10. The second-order valence-corrected chi connectivity index (χ2v) is 11.8. The fourth-order valence-electron chi connectivity index (χ4n) is 4.10. The van der Waals surface area contributed by atoms with E-state index in [4.69, 9.17) is 4.74 Å². The van der Waals surface area contributed by atoms with E-state index in [-0.39, 0.29) is 11.5 Å². The molecular formula is C33H48N2O2. The number of hydrogen-bond donors (Lipinski definition) is 1. The molecule has 2 aromatic rings. The predicted octanol–water partition coefficient (Wildman–Crippen LogP) is 8.11. The van der Waals surface area contributed by atoms with Crippen molar-refractivity contribution in [3.63, 3.8) is 0 Å². The molecular weight excluding hydrogens is 456 g/mol. The number of amides is 1. The largest absolute Gasteiger partial charge is 0.444 e. The van der Waals surface area contributed by atoms with E-state index in [2.05, 4.69) is 91.4 Å². The van der Waals surface area contributed by atoms with Gasteiger partial charge in [-0.3, -0.25) is 4.90 Å². The van der Waals surface area contributed by atoms with Crippen LogP contribution in [0.4, 0.5) is 4.79 Å². The minimum Gasteiger partial charge on any atom is -0.444 e. The normalized spacial score (nSPS) is 12.1. The maximum atomic E-state index is 11.7. The lowest BCUT2D eigenvalue weighted by Crippen LogP contribution is -2.32. The van der Waals surface area contributed by atoms with Gasteiger partial charge in [-0.1, -0.05) is 86.1 Å². The SMILES string of the molecule is CC(C)(C)C#C/C=C/CN(CCCCCCCCNC(=O)OC(C)(C)C)Cc1cccc2ccccc12. The van der Waals surface area contributed by atoms with Gasteiger partial charge in [0.2, 0.25) is 0 Å². The van der Waals surface area contributed by atoms with Crippen molar-refractivity contribution in [1.82, 2.24) is 10.2 Å². The zero-order valence-corrected chi connectivity index (χ0v) is 24.0. The predicted molar refractivity (Wildman–Crippen MR) is 158 cm³/mol. The quantitative estimate of drug-likeness (QED) is 0.221. The van der Waals surface area contributed by atoms with E-state index in [0.29, 0.717) is 6.54 Å². The number of hydrogen-bond acceptors (Lipinski definition) is 3. The van der Waals surface area contributed by atoms with Gasteiger partial charge in [0.1, 0.15) is 5.60 Å². The molecule has 0 aliphatic rings. The number of nitrogens with one attached hydrogen (secondary N) is 1. The van der Waals surface area contributed by atoms with E-state index in [0.717, 1.165) is 32.5 Å². The summed E-state index contributed by atoms with van der Waals surface area (Å²) in [4.78, 5) is 14.2. The Hall–Kier alpha value is -2.77. The van der Waals surface area contributed by atoms with Gasteiger partial charge in [-0.25, -0.2) is 4.79 Å². The van der Waals surface area contributed by atoms with Crippen LogP contribution in [0.15, 0.2) is 54.6 Å². The van der Waals surface area contributed by atoms with Crippen molar-refractivity contribution in [2.45, 2.75) is 92.2 Å². The molecule has 0 saturated carbocycles. The summed E-state index contributed by atoms with van der Waals surface area (Å²) in [6.07, 6.45) is 10.8. The fraction of sp³-hybridized carbons (Fsp3) is 0.545. The first-order valence-electron chi connectivity index (χ1n) is 13.9. The number of benzene rings is 2. The Balaban J connectivity index is 1.78. The zero-order valence-electron chi connectivity index (χ0n) is 24.0. The van der Waals surface area contributed by atoms with Gasteiger partial charge in [-0.2, -0.15) is 0 Å². The molecule has 0 aliphatic heterocycles. The van der Waals surface area contributed by atoms with Crippen molar-refractivity contribution in [3.05, 3.63) is 60.2 Å². The first-order valence-corrected chi connectivity index (χ1v) is 13.9. The molecule has 1 N–H and O–H groups in total. The third kappa shape index (κ3) is 13.9. The highest BCUT2D eigenvalue weighted by Crippen LogP contribution is 2.20. The van der Waals surface area contributed by atoms with Crippen molar-refractivity contribution in [2.24, 2.45) is 5.41 Å². The summed E-state index contributed by atoms with van der Waals surface area (Å²) < 4.78 is 5.28. The van der Waals surface area contributed by atoms with Crippen molar-refractivity contribution in [1.29, 1.82) is 0 Å². The van der Waals surface area contributed by atoms with Gasteiger partial charge in [0.15, 0.2) is 0 Å². The monoisotopic (exact) mass is 504 g/mol. The number of ether oxygens (including phenoxy) is 1. The lowest BCUT2D eigenvalue weighted by Gasteiger charge is -2.22. The Labute approximate surface area is 225 Å². The van der Waals surface area contributed by atoms with E-state index in [1.54, 1.807) is 0 Å². The van der Waals surface area contributed by atoms with Crippen molar-refractivity contribution in [2.75, 3.05) is 19.6 Å². The number of rotatable bonds is 13. The summed E-state index contributed by atoms with van der Waals surface area (Å²) in [6.45, 7) is 15.6. The number of unbranched alkanes of at least 4 members (excludes halogenated alkanes) is 5. The van der Waals surface area contributed by atoms with Gasteiger partial charge in [0, 0.05) is 25.0 Å².